The van der Waals surface area contributed by atoms with Crippen LogP contribution in [0.5, 0.6) is 0 Å². The van der Waals surface area contributed by atoms with Crippen molar-refractivity contribution in [3.63, 3.8) is 0 Å². The van der Waals surface area contributed by atoms with Gasteiger partial charge in [0.05, 0.1) is 12.1 Å². The fourth-order valence-electron chi connectivity index (χ4n) is 3.12. The molecule has 1 aromatic rings. The summed E-state index contributed by atoms with van der Waals surface area (Å²) in [5.74, 6) is -0.0755. The number of fused-ring (bicyclic) bond motifs is 1. The lowest BCUT2D eigenvalue weighted by molar-refractivity contribution is -0.144. The Hall–Kier alpha value is -1.52. The van der Waals surface area contributed by atoms with Gasteiger partial charge in [-0.1, -0.05) is 48.6 Å². The zero-order chi connectivity index (χ0) is 14.9. The molecule has 0 aromatic heterocycles. The number of benzene rings is 1. The van der Waals surface area contributed by atoms with Gasteiger partial charge in [-0.25, -0.2) is 0 Å². The van der Waals surface area contributed by atoms with E-state index in [4.69, 9.17) is 10.5 Å². The van der Waals surface area contributed by atoms with E-state index in [1.54, 1.807) is 11.8 Å². The summed E-state index contributed by atoms with van der Waals surface area (Å²) in [6.45, 7) is 2.20. The van der Waals surface area contributed by atoms with Crippen LogP contribution in [0.15, 0.2) is 53.5 Å². The summed E-state index contributed by atoms with van der Waals surface area (Å²) in [7, 11) is 0. The van der Waals surface area contributed by atoms with Gasteiger partial charge < -0.3 is 10.5 Å². The number of carbonyl (C=O) groups is 1. The average Bonchev–Trinajstić information content (AvgIpc) is 2.83. The van der Waals surface area contributed by atoms with Gasteiger partial charge in [0.2, 0.25) is 0 Å². The van der Waals surface area contributed by atoms with E-state index >= 15 is 0 Å². The van der Waals surface area contributed by atoms with Crippen LogP contribution in [0, 0.1) is 5.92 Å². The van der Waals surface area contributed by atoms with E-state index in [2.05, 4.69) is 12.2 Å². The van der Waals surface area contributed by atoms with Gasteiger partial charge in [-0.05, 0) is 23.8 Å². The van der Waals surface area contributed by atoms with E-state index in [1.807, 2.05) is 43.3 Å². The van der Waals surface area contributed by atoms with Gasteiger partial charge in [0, 0.05) is 5.92 Å². The van der Waals surface area contributed by atoms with Gasteiger partial charge in [-0.2, -0.15) is 0 Å². The molecule has 1 aromatic carbocycles. The Morgan fingerprint density at radius 3 is 2.90 bits per heavy atom. The molecule has 0 bridgehead atoms. The van der Waals surface area contributed by atoms with E-state index in [0.29, 0.717) is 6.61 Å². The molecule has 1 heterocycles. The number of thioether (sulfide) groups is 1. The fraction of sp³-hybridized carbons (Fsp3) is 0.353. The minimum atomic E-state index is -0.714. The Labute approximate surface area is 129 Å². The van der Waals surface area contributed by atoms with Crippen molar-refractivity contribution in [2.75, 3.05) is 6.61 Å². The number of rotatable bonds is 3. The summed E-state index contributed by atoms with van der Waals surface area (Å²) in [5.41, 5.74) is 7.10. The first-order valence-corrected chi connectivity index (χ1v) is 8.10. The van der Waals surface area contributed by atoms with Crippen LogP contribution in [0.1, 0.15) is 18.9 Å². The molecule has 0 radical (unpaired) electrons. The van der Waals surface area contributed by atoms with Crippen LogP contribution in [-0.4, -0.2) is 17.8 Å². The Bertz CT molecular complexity index is 596. The second-order valence-corrected chi connectivity index (χ2v) is 6.51. The van der Waals surface area contributed by atoms with Crippen molar-refractivity contribution >= 4 is 17.7 Å². The van der Waals surface area contributed by atoms with E-state index in [9.17, 15) is 4.79 Å². The molecule has 2 aliphatic rings. The second kappa shape index (κ2) is 5.70. The Kier molecular flexibility index (Phi) is 3.91. The highest BCUT2D eigenvalue weighted by atomic mass is 32.2. The predicted octanol–water partition coefficient (Wildman–Crippen LogP) is 2.98. The highest BCUT2D eigenvalue weighted by Gasteiger charge is 2.55. The maximum Gasteiger partial charge on any atom is 0.321 e. The minimum Gasteiger partial charge on any atom is -0.465 e. The standard InChI is InChI=1S/C17H19NO2S/c1-2-20-16(19)15-17(18,12-8-4-3-5-9-12)13-10-6-7-11-14(13)21-15/h3-9,11,13,15H,2,10,18H2,1H3/t13-,15+,17-/m1/s1. The third-order valence-electron chi connectivity index (χ3n) is 4.15. The van der Waals surface area contributed by atoms with Crippen molar-refractivity contribution in [3.8, 4) is 0 Å². The van der Waals surface area contributed by atoms with Crippen LogP contribution in [0.3, 0.4) is 0 Å². The van der Waals surface area contributed by atoms with Gasteiger partial charge in [-0.15, -0.1) is 11.8 Å². The van der Waals surface area contributed by atoms with Crippen molar-refractivity contribution in [3.05, 3.63) is 59.0 Å². The molecule has 2 N–H and O–H groups in total. The van der Waals surface area contributed by atoms with E-state index < -0.39 is 10.8 Å². The molecule has 0 saturated carbocycles. The van der Waals surface area contributed by atoms with Crippen LogP contribution in [0.25, 0.3) is 0 Å². The van der Waals surface area contributed by atoms with Crippen molar-refractivity contribution in [2.24, 2.45) is 11.7 Å². The Morgan fingerprint density at radius 1 is 1.43 bits per heavy atom. The van der Waals surface area contributed by atoms with Crippen molar-refractivity contribution in [1.29, 1.82) is 0 Å². The average molecular weight is 301 g/mol. The number of hydrogen-bond acceptors (Lipinski definition) is 4. The third-order valence-corrected chi connectivity index (χ3v) is 5.66. The molecule has 1 saturated heterocycles. The number of esters is 1. The molecule has 21 heavy (non-hydrogen) atoms. The first kappa shape index (κ1) is 14.4. The van der Waals surface area contributed by atoms with Gasteiger partial charge in [0.1, 0.15) is 5.25 Å². The maximum absolute atomic E-state index is 12.4. The molecular formula is C17H19NO2S. The van der Waals surface area contributed by atoms with Crippen molar-refractivity contribution in [1.82, 2.24) is 0 Å². The predicted molar refractivity (Wildman–Crippen MR) is 85.6 cm³/mol. The van der Waals surface area contributed by atoms with Gasteiger partial charge in [-0.3, -0.25) is 4.79 Å². The summed E-state index contributed by atoms with van der Waals surface area (Å²) in [5, 5.41) is -0.393. The molecule has 3 atom stereocenters. The van der Waals surface area contributed by atoms with E-state index in [-0.39, 0.29) is 11.9 Å². The second-order valence-electron chi connectivity index (χ2n) is 5.33. The van der Waals surface area contributed by atoms with Gasteiger partial charge in [0.25, 0.3) is 0 Å². The van der Waals surface area contributed by atoms with Crippen molar-refractivity contribution < 1.29 is 9.53 Å². The lowest BCUT2D eigenvalue weighted by Crippen LogP contribution is -2.52. The SMILES string of the molecule is CCOC(=O)[C@@H]1SC2=CC=CC[C@H]2[C@]1(N)c1ccccc1. The van der Waals surface area contributed by atoms with Gasteiger partial charge in [0.15, 0.2) is 0 Å². The first-order chi connectivity index (χ1) is 10.2. The quantitative estimate of drug-likeness (QED) is 0.872. The summed E-state index contributed by atoms with van der Waals surface area (Å²) in [6.07, 6.45) is 7.09. The molecule has 0 unspecified atom stereocenters. The molecule has 3 nitrogen and oxygen atoms in total. The molecule has 1 fully saturated rings. The summed E-state index contributed by atoms with van der Waals surface area (Å²) < 4.78 is 5.26. The highest BCUT2D eigenvalue weighted by molar-refractivity contribution is 8.04. The normalized spacial score (nSPS) is 30.7. The Balaban J connectivity index is 2.05. The molecule has 0 spiro atoms. The number of nitrogens with two attached hydrogens (primary N) is 1. The van der Waals surface area contributed by atoms with Crippen LogP contribution in [0.2, 0.25) is 0 Å². The van der Waals surface area contributed by atoms with Gasteiger partial charge >= 0.3 is 5.97 Å². The maximum atomic E-state index is 12.4. The minimum absolute atomic E-state index is 0.143. The molecule has 4 heteroatoms. The summed E-state index contributed by atoms with van der Waals surface area (Å²) in [4.78, 5) is 13.6. The lowest BCUT2D eigenvalue weighted by Gasteiger charge is -2.35. The van der Waals surface area contributed by atoms with Crippen LogP contribution < -0.4 is 5.73 Å². The number of hydrogen-bond donors (Lipinski definition) is 1. The fourth-order valence-corrected chi connectivity index (χ4v) is 4.66. The highest BCUT2D eigenvalue weighted by Crippen LogP contribution is 2.55. The zero-order valence-electron chi connectivity index (χ0n) is 12.0. The van der Waals surface area contributed by atoms with E-state index in [1.165, 1.54) is 4.91 Å². The first-order valence-electron chi connectivity index (χ1n) is 7.22. The largest absolute Gasteiger partial charge is 0.465 e. The van der Waals surface area contributed by atoms with Crippen LogP contribution >= 0.6 is 11.8 Å². The lowest BCUT2D eigenvalue weighted by atomic mass is 9.73. The molecule has 0 amide bonds. The molecule has 110 valence electrons. The molecular weight excluding hydrogens is 282 g/mol. The summed E-state index contributed by atoms with van der Waals surface area (Å²) >= 11 is 1.55. The monoisotopic (exact) mass is 301 g/mol. The smallest absolute Gasteiger partial charge is 0.321 e. The number of allylic oxidation sites excluding steroid dienone is 3. The third kappa shape index (κ3) is 2.32. The number of carbonyl (C=O) groups excluding carboxylic acids is 1. The molecule has 1 aliphatic heterocycles. The number of ether oxygens (including phenoxy) is 1. The van der Waals surface area contributed by atoms with Crippen LogP contribution in [-0.2, 0) is 15.1 Å². The Morgan fingerprint density at radius 2 is 2.19 bits per heavy atom. The van der Waals surface area contributed by atoms with E-state index in [0.717, 1.165) is 12.0 Å². The molecule has 1 aliphatic carbocycles. The zero-order valence-corrected chi connectivity index (χ0v) is 12.8. The van der Waals surface area contributed by atoms with Crippen LogP contribution in [0.4, 0.5) is 0 Å². The molecule has 3 rings (SSSR count). The van der Waals surface area contributed by atoms with Crippen molar-refractivity contribution in [2.45, 2.75) is 24.1 Å². The topological polar surface area (TPSA) is 52.3 Å². The summed E-state index contributed by atoms with van der Waals surface area (Å²) in [6, 6.07) is 9.92.